The lowest BCUT2D eigenvalue weighted by Crippen LogP contribution is -1.98. The number of hydrogen-bond acceptors (Lipinski definition) is 4. The number of para-hydroxylation sites is 1. The van der Waals surface area contributed by atoms with E-state index >= 15 is 0 Å². The van der Waals surface area contributed by atoms with E-state index in [1.54, 1.807) is 13.0 Å². The van der Waals surface area contributed by atoms with Crippen molar-refractivity contribution in [2.45, 2.75) is 6.92 Å². The molecule has 7 heteroatoms. The second-order valence-electron chi connectivity index (χ2n) is 3.66. The Labute approximate surface area is 116 Å². The van der Waals surface area contributed by atoms with Crippen molar-refractivity contribution in [2.75, 3.05) is 0 Å². The zero-order valence-corrected chi connectivity index (χ0v) is 11.3. The molecule has 0 saturated heterocycles. The van der Waals surface area contributed by atoms with Crippen LogP contribution in [0.25, 0.3) is 0 Å². The standard InChI is InChI=1S/C12H8BrFN2O3/c1-7-8(13)5-6-11(15-7)19-12-9(14)3-2-4-10(12)16(17)18/h2-6H,1H3. The number of aromatic nitrogens is 1. The number of ether oxygens (including phenoxy) is 1. The van der Waals surface area contributed by atoms with Crippen LogP contribution >= 0.6 is 15.9 Å². The Morgan fingerprint density at radius 3 is 2.74 bits per heavy atom. The smallest absolute Gasteiger partial charge is 0.314 e. The molecule has 2 rings (SSSR count). The molecule has 19 heavy (non-hydrogen) atoms. The van der Waals surface area contributed by atoms with Gasteiger partial charge in [-0.1, -0.05) is 6.07 Å². The van der Waals surface area contributed by atoms with E-state index in [2.05, 4.69) is 20.9 Å². The summed E-state index contributed by atoms with van der Waals surface area (Å²) in [6, 6.07) is 6.68. The summed E-state index contributed by atoms with van der Waals surface area (Å²) in [5.74, 6) is -1.16. The molecule has 0 radical (unpaired) electrons. The van der Waals surface area contributed by atoms with Crippen LogP contribution in [0.1, 0.15) is 5.69 Å². The molecule has 0 aliphatic heterocycles. The van der Waals surface area contributed by atoms with E-state index in [1.165, 1.54) is 18.2 Å². The van der Waals surface area contributed by atoms with Crippen molar-refractivity contribution in [3.8, 4) is 11.6 Å². The third-order valence-corrected chi connectivity index (χ3v) is 3.18. The highest BCUT2D eigenvalue weighted by molar-refractivity contribution is 9.10. The first-order valence-corrected chi connectivity index (χ1v) is 6.02. The van der Waals surface area contributed by atoms with Crippen molar-refractivity contribution in [1.82, 2.24) is 4.98 Å². The normalized spacial score (nSPS) is 10.3. The van der Waals surface area contributed by atoms with Crippen LogP contribution in [-0.2, 0) is 0 Å². The van der Waals surface area contributed by atoms with Crippen LogP contribution in [0.5, 0.6) is 11.6 Å². The van der Waals surface area contributed by atoms with Gasteiger partial charge in [0, 0.05) is 16.6 Å². The fourth-order valence-corrected chi connectivity index (χ4v) is 1.65. The summed E-state index contributed by atoms with van der Waals surface area (Å²) < 4.78 is 19.6. The highest BCUT2D eigenvalue weighted by atomic mass is 79.9. The van der Waals surface area contributed by atoms with Gasteiger partial charge in [-0.2, -0.15) is 0 Å². The maximum absolute atomic E-state index is 13.6. The third-order valence-electron chi connectivity index (χ3n) is 2.35. The molecule has 0 amide bonds. The lowest BCUT2D eigenvalue weighted by molar-refractivity contribution is -0.385. The van der Waals surface area contributed by atoms with Gasteiger partial charge in [-0.05, 0) is 35.0 Å². The van der Waals surface area contributed by atoms with Gasteiger partial charge in [-0.3, -0.25) is 10.1 Å². The minimum absolute atomic E-state index is 0.0916. The number of aryl methyl sites for hydroxylation is 1. The van der Waals surface area contributed by atoms with Crippen molar-refractivity contribution in [3.05, 3.63) is 56.4 Å². The number of benzene rings is 1. The Morgan fingerprint density at radius 2 is 2.11 bits per heavy atom. The largest absolute Gasteiger partial charge is 0.429 e. The molecule has 0 aliphatic carbocycles. The molecule has 0 aliphatic rings. The highest BCUT2D eigenvalue weighted by Gasteiger charge is 2.20. The van der Waals surface area contributed by atoms with E-state index in [-0.39, 0.29) is 5.88 Å². The number of rotatable bonds is 3. The Morgan fingerprint density at radius 1 is 1.37 bits per heavy atom. The molecule has 0 bridgehead atoms. The van der Waals surface area contributed by atoms with Crippen molar-refractivity contribution < 1.29 is 14.1 Å². The average molecular weight is 327 g/mol. The van der Waals surface area contributed by atoms with Crippen molar-refractivity contribution >= 4 is 21.6 Å². The second kappa shape index (κ2) is 5.31. The van der Waals surface area contributed by atoms with E-state index in [9.17, 15) is 14.5 Å². The van der Waals surface area contributed by atoms with E-state index in [1.807, 2.05) is 0 Å². The minimum Gasteiger partial charge on any atom is -0.429 e. The van der Waals surface area contributed by atoms with Crippen LogP contribution < -0.4 is 4.74 Å². The van der Waals surface area contributed by atoms with E-state index in [0.29, 0.717) is 5.69 Å². The summed E-state index contributed by atoms with van der Waals surface area (Å²) in [6.45, 7) is 1.73. The second-order valence-corrected chi connectivity index (χ2v) is 4.52. The molecule has 0 unspecified atom stereocenters. The first-order chi connectivity index (χ1) is 8.99. The van der Waals surface area contributed by atoms with Crippen molar-refractivity contribution in [1.29, 1.82) is 0 Å². The number of halogens is 2. The zero-order chi connectivity index (χ0) is 14.0. The number of nitro groups is 1. The summed E-state index contributed by atoms with van der Waals surface area (Å²) >= 11 is 3.27. The zero-order valence-electron chi connectivity index (χ0n) is 9.76. The molecule has 1 aromatic heterocycles. The van der Waals surface area contributed by atoms with Gasteiger partial charge in [0.05, 0.1) is 10.6 Å². The summed E-state index contributed by atoms with van der Waals surface area (Å²) in [5.41, 5.74) is 0.193. The molecule has 98 valence electrons. The molecule has 0 N–H and O–H groups in total. The predicted octanol–water partition coefficient (Wildman–Crippen LogP) is 3.99. The molecule has 0 atom stereocenters. The van der Waals surface area contributed by atoms with Crippen LogP contribution in [0.3, 0.4) is 0 Å². The molecular formula is C12H8BrFN2O3. The Balaban J connectivity index is 2.42. The summed E-state index contributed by atoms with van der Waals surface area (Å²) in [6.07, 6.45) is 0. The molecule has 1 aromatic carbocycles. The number of pyridine rings is 1. The molecule has 0 saturated carbocycles. The van der Waals surface area contributed by atoms with Gasteiger partial charge in [0.25, 0.3) is 0 Å². The molecular weight excluding hydrogens is 319 g/mol. The van der Waals surface area contributed by atoms with Crippen LogP contribution in [0.2, 0.25) is 0 Å². The quantitative estimate of drug-likeness (QED) is 0.631. The lowest BCUT2D eigenvalue weighted by Gasteiger charge is -2.07. The summed E-state index contributed by atoms with van der Waals surface area (Å²) in [7, 11) is 0. The Hall–Kier alpha value is -2.02. The van der Waals surface area contributed by atoms with Crippen LogP contribution in [0.4, 0.5) is 10.1 Å². The van der Waals surface area contributed by atoms with Crippen molar-refractivity contribution in [3.63, 3.8) is 0 Å². The Bertz CT molecular complexity index is 649. The third kappa shape index (κ3) is 2.87. The summed E-state index contributed by atoms with van der Waals surface area (Å²) in [5, 5.41) is 10.8. The monoisotopic (exact) mass is 326 g/mol. The number of nitro benzene ring substituents is 1. The van der Waals surface area contributed by atoms with Gasteiger partial charge in [0.15, 0.2) is 5.82 Å². The van der Waals surface area contributed by atoms with Gasteiger partial charge < -0.3 is 4.74 Å². The maximum Gasteiger partial charge on any atom is 0.314 e. The molecule has 0 fully saturated rings. The van der Waals surface area contributed by atoms with Crippen molar-refractivity contribution in [2.24, 2.45) is 0 Å². The fraction of sp³-hybridized carbons (Fsp3) is 0.0833. The van der Waals surface area contributed by atoms with Crippen LogP contribution in [-0.4, -0.2) is 9.91 Å². The van der Waals surface area contributed by atoms with Gasteiger partial charge in [0.1, 0.15) is 0 Å². The molecule has 1 heterocycles. The maximum atomic E-state index is 13.6. The van der Waals surface area contributed by atoms with Gasteiger partial charge in [-0.25, -0.2) is 9.37 Å². The highest BCUT2D eigenvalue weighted by Crippen LogP contribution is 2.33. The van der Waals surface area contributed by atoms with E-state index in [4.69, 9.17) is 4.74 Å². The number of nitrogens with zero attached hydrogens (tertiary/aromatic N) is 2. The van der Waals surface area contributed by atoms with Gasteiger partial charge in [-0.15, -0.1) is 0 Å². The number of hydrogen-bond donors (Lipinski definition) is 0. The van der Waals surface area contributed by atoms with Gasteiger partial charge in [0.2, 0.25) is 11.6 Å². The van der Waals surface area contributed by atoms with E-state index in [0.717, 1.165) is 10.5 Å². The predicted molar refractivity (Wildman–Crippen MR) is 69.8 cm³/mol. The lowest BCUT2D eigenvalue weighted by atomic mass is 10.3. The first kappa shape index (κ1) is 13.4. The van der Waals surface area contributed by atoms with Crippen LogP contribution in [0, 0.1) is 22.9 Å². The molecule has 2 aromatic rings. The first-order valence-electron chi connectivity index (χ1n) is 5.23. The Kier molecular flexibility index (Phi) is 3.75. The fourth-order valence-electron chi connectivity index (χ4n) is 1.42. The molecule has 0 spiro atoms. The van der Waals surface area contributed by atoms with E-state index < -0.39 is 22.2 Å². The average Bonchev–Trinajstić information content (AvgIpc) is 2.36. The van der Waals surface area contributed by atoms with Crippen LogP contribution in [0.15, 0.2) is 34.8 Å². The minimum atomic E-state index is -0.809. The SMILES string of the molecule is Cc1nc(Oc2c(F)cccc2[N+](=O)[O-])ccc1Br. The van der Waals surface area contributed by atoms with Gasteiger partial charge >= 0.3 is 5.69 Å². The topological polar surface area (TPSA) is 65.3 Å². The molecule has 5 nitrogen and oxygen atoms in total. The summed E-state index contributed by atoms with van der Waals surface area (Å²) in [4.78, 5) is 14.2.